The summed E-state index contributed by atoms with van der Waals surface area (Å²) in [6.45, 7) is 4.70. The standard InChI is InChI=1S/C61H44N2/c1-61(2)57-22-8-5-19-53(57)54-36-31-48(40-58(54)61)43-29-34-50(35-30-43)62(51-17-12-16-46(39-51)47-26-25-41-13-3-4-14-44(41)37-47)49-32-27-42(28-33-49)45-15-11-18-52(38-45)63-59-23-9-6-20-55(59)56-21-7-10-24-60(56)63/h3-40H,1-2H3. The van der Waals surface area contributed by atoms with Crippen LogP contribution in [0.15, 0.2) is 231 Å². The Morgan fingerprint density at radius 1 is 0.333 bits per heavy atom. The summed E-state index contributed by atoms with van der Waals surface area (Å²) >= 11 is 0. The van der Waals surface area contributed by atoms with Crippen LogP contribution in [0.4, 0.5) is 17.1 Å². The molecule has 0 atom stereocenters. The molecule has 1 heterocycles. The Kier molecular flexibility index (Phi) is 8.55. The Balaban J connectivity index is 0.927. The number of nitrogens with zero attached hydrogens (tertiary/aromatic N) is 2. The second-order valence-electron chi connectivity index (χ2n) is 17.4. The van der Waals surface area contributed by atoms with Gasteiger partial charge in [0.05, 0.1) is 11.0 Å². The van der Waals surface area contributed by atoms with E-state index in [2.05, 4.69) is 254 Å². The van der Waals surface area contributed by atoms with Gasteiger partial charge in [0.15, 0.2) is 0 Å². The first-order valence-corrected chi connectivity index (χ1v) is 21.9. The van der Waals surface area contributed by atoms with E-state index in [9.17, 15) is 0 Å². The number of hydrogen-bond donors (Lipinski definition) is 0. The predicted molar refractivity (Wildman–Crippen MR) is 267 cm³/mol. The fraction of sp³-hybridized carbons (Fsp3) is 0.0492. The molecule has 0 aliphatic heterocycles. The van der Waals surface area contributed by atoms with Crippen molar-refractivity contribution in [1.82, 2.24) is 4.57 Å². The van der Waals surface area contributed by atoms with Gasteiger partial charge in [0.1, 0.15) is 0 Å². The lowest BCUT2D eigenvalue weighted by atomic mass is 9.81. The minimum Gasteiger partial charge on any atom is -0.310 e. The van der Waals surface area contributed by atoms with Crippen molar-refractivity contribution in [3.05, 3.63) is 242 Å². The first kappa shape index (κ1) is 36.9. The lowest BCUT2D eigenvalue weighted by Gasteiger charge is -2.26. The average Bonchev–Trinajstić information content (AvgIpc) is 3.80. The van der Waals surface area contributed by atoms with E-state index in [0.29, 0.717) is 0 Å². The molecule has 0 saturated heterocycles. The average molecular weight is 805 g/mol. The summed E-state index contributed by atoms with van der Waals surface area (Å²) < 4.78 is 2.39. The third-order valence-electron chi connectivity index (χ3n) is 13.4. The molecular weight excluding hydrogens is 761 g/mol. The molecule has 11 aromatic rings. The molecule has 0 spiro atoms. The van der Waals surface area contributed by atoms with Gasteiger partial charge < -0.3 is 9.47 Å². The van der Waals surface area contributed by atoms with Crippen molar-refractivity contribution >= 4 is 49.6 Å². The second-order valence-corrected chi connectivity index (χ2v) is 17.4. The van der Waals surface area contributed by atoms with Gasteiger partial charge in [-0.05, 0) is 139 Å². The first-order valence-electron chi connectivity index (χ1n) is 21.9. The Bertz CT molecular complexity index is 3480. The molecule has 1 aromatic heterocycles. The van der Waals surface area contributed by atoms with E-state index in [1.54, 1.807) is 0 Å². The lowest BCUT2D eigenvalue weighted by molar-refractivity contribution is 0.660. The van der Waals surface area contributed by atoms with E-state index < -0.39 is 0 Å². The van der Waals surface area contributed by atoms with Crippen LogP contribution in [0.5, 0.6) is 0 Å². The summed E-state index contributed by atoms with van der Waals surface area (Å²) in [6, 6.07) is 84.6. The van der Waals surface area contributed by atoms with Crippen molar-refractivity contribution in [3.63, 3.8) is 0 Å². The number of anilines is 3. The summed E-state index contributed by atoms with van der Waals surface area (Å²) in [7, 11) is 0. The lowest BCUT2D eigenvalue weighted by Crippen LogP contribution is -2.14. The number of rotatable bonds is 7. The molecule has 12 rings (SSSR count). The highest BCUT2D eigenvalue weighted by molar-refractivity contribution is 6.09. The zero-order valence-electron chi connectivity index (χ0n) is 35.3. The maximum Gasteiger partial charge on any atom is 0.0541 e. The number of benzene rings is 10. The summed E-state index contributed by atoms with van der Waals surface area (Å²) in [5.74, 6) is 0. The zero-order valence-corrected chi connectivity index (χ0v) is 35.3. The van der Waals surface area contributed by atoms with Crippen LogP contribution >= 0.6 is 0 Å². The molecule has 0 N–H and O–H groups in total. The van der Waals surface area contributed by atoms with Crippen LogP contribution in [-0.2, 0) is 5.41 Å². The number of para-hydroxylation sites is 2. The van der Waals surface area contributed by atoms with E-state index in [4.69, 9.17) is 0 Å². The van der Waals surface area contributed by atoms with Gasteiger partial charge in [0, 0.05) is 38.9 Å². The third kappa shape index (κ3) is 6.17. The smallest absolute Gasteiger partial charge is 0.0541 e. The molecule has 0 unspecified atom stereocenters. The molecule has 0 fully saturated rings. The normalized spacial score (nSPS) is 12.7. The molecular formula is C61H44N2. The Morgan fingerprint density at radius 3 is 1.57 bits per heavy atom. The van der Waals surface area contributed by atoms with Crippen molar-refractivity contribution < 1.29 is 0 Å². The van der Waals surface area contributed by atoms with Crippen molar-refractivity contribution in [3.8, 4) is 50.2 Å². The van der Waals surface area contributed by atoms with Gasteiger partial charge in [0.2, 0.25) is 0 Å². The number of fused-ring (bicyclic) bond motifs is 7. The van der Waals surface area contributed by atoms with Crippen LogP contribution in [0.3, 0.4) is 0 Å². The van der Waals surface area contributed by atoms with Crippen LogP contribution in [0.2, 0.25) is 0 Å². The highest BCUT2D eigenvalue weighted by Crippen LogP contribution is 2.50. The minimum absolute atomic E-state index is 0.0484. The second kappa shape index (κ2) is 14.6. The fourth-order valence-corrected chi connectivity index (χ4v) is 10.2. The third-order valence-corrected chi connectivity index (χ3v) is 13.4. The van der Waals surface area contributed by atoms with E-state index >= 15 is 0 Å². The zero-order chi connectivity index (χ0) is 42.1. The van der Waals surface area contributed by atoms with Crippen molar-refractivity contribution in [2.45, 2.75) is 19.3 Å². The maximum atomic E-state index is 2.41. The monoisotopic (exact) mass is 804 g/mol. The first-order chi connectivity index (χ1) is 31.0. The predicted octanol–water partition coefficient (Wildman–Crippen LogP) is 16.7. The maximum absolute atomic E-state index is 2.41. The quantitative estimate of drug-likeness (QED) is 0.156. The summed E-state index contributed by atoms with van der Waals surface area (Å²) in [5, 5.41) is 5.02. The molecule has 1 aliphatic carbocycles. The Labute approximate surface area is 368 Å². The van der Waals surface area contributed by atoms with Gasteiger partial charge in [-0.2, -0.15) is 0 Å². The summed E-state index contributed by atoms with van der Waals surface area (Å²) in [6.07, 6.45) is 0. The molecule has 0 radical (unpaired) electrons. The van der Waals surface area contributed by atoms with Crippen LogP contribution in [0.25, 0.3) is 82.8 Å². The van der Waals surface area contributed by atoms with E-state index in [0.717, 1.165) is 22.7 Å². The molecule has 1 aliphatic rings. The van der Waals surface area contributed by atoms with E-state index in [1.165, 1.54) is 88.2 Å². The molecule has 10 aromatic carbocycles. The highest BCUT2D eigenvalue weighted by Gasteiger charge is 2.35. The van der Waals surface area contributed by atoms with Crippen LogP contribution in [0, 0.1) is 0 Å². The van der Waals surface area contributed by atoms with Crippen molar-refractivity contribution in [2.24, 2.45) is 0 Å². The Hall–Kier alpha value is -7.94. The molecule has 2 nitrogen and oxygen atoms in total. The van der Waals surface area contributed by atoms with Crippen molar-refractivity contribution in [2.75, 3.05) is 4.90 Å². The Morgan fingerprint density at radius 2 is 0.857 bits per heavy atom. The van der Waals surface area contributed by atoms with Crippen LogP contribution in [0.1, 0.15) is 25.0 Å². The van der Waals surface area contributed by atoms with Gasteiger partial charge in [-0.15, -0.1) is 0 Å². The molecule has 63 heavy (non-hydrogen) atoms. The van der Waals surface area contributed by atoms with E-state index in [-0.39, 0.29) is 5.41 Å². The van der Waals surface area contributed by atoms with E-state index in [1.807, 2.05) is 0 Å². The van der Waals surface area contributed by atoms with Gasteiger partial charge in [0.25, 0.3) is 0 Å². The molecule has 0 amide bonds. The topological polar surface area (TPSA) is 8.17 Å². The summed E-state index contributed by atoms with van der Waals surface area (Å²) in [5.41, 5.74) is 19.5. The van der Waals surface area contributed by atoms with Crippen molar-refractivity contribution in [1.29, 1.82) is 0 Å². The molecule has 0 saturated carbocycles. The van der Waals surface area contributed by atoms with Gasteiger partial charge >= 0.3 is 0 Å². The minimum atomic E-state index is -0.0484. The van der Waals surface area contributed by atoms with Gasteiger partial charge in [-0.25, -0.2) is 0 Å². The molecule has 298 valence electrons. The largest absolute Gasteiger partial charge is 0.310 e. The fourth-order valence-electron chi connectivity index (χ4n) is 10.2. The summed E-state index contributed by atoms with van der Waals surface area (Å²) in [4.78, 5) is 2.38. The molecule has 2 heteroatoms. The SMILES string of the molecule is CC1(C)c2ccccc2-c2ccc(-c3ccc(N(c4ccc(-c5cccc(-n6c7ccccc7c7ccccc76)c5)cc4)c4cccc(-c5ccc6ccccc6c5)c4)cc3)cc21. The molecule has 0 bridgehead atoms. The number of aromatic nitrogens is 1. The van der Waals surface area contributed by atoms with Gasteiger partial charge in [-0.1, -0.05) is 172 Å². The van der Waals surface area contributed by atoms with Crippen LogP contribution in [-0.4, -0.2) is 4.57 Å². The number of hydrogen-bond acceptors (Lipinski definition) is 1. The highest BCUT2D eigenvalue weighted by atomic mass is 15.1. The van der Waals surface area contributed by atoms with Crippen LogP contribution < -0.4 is 4.90 Å². The van der Waals surface area contributed by atoms with Gasteiger partial charge in [-0.3, -0.25) is 0 Å².